The van der Waals surface area contributed by atoms with E-state index >= 15 is 0 Å². The molecule has 1 N–H and O–H groups in total. The first kappa shape index (κ1) is 30.8. The number of carbonyl (C=O) groups excluding carboxylic acids is 2. The van der Waals surface area contributed by atoms with E-state index in [4.69, 9.17) is 58.0 Å². The van der Waals surface area contributed by atoms with Crippen LogP contribution in [0.3, 0.4) is 0 Å². The molecule has 13 heteroatoms. The van der Waals surface area contributed by atoms with Crippen LogP contribution < -0.4 is 9.62 Å². The number of benzene rings is 2. The largest absolute Gasteiger partial charge is 0.354 e. The lowest BCUT2D eigenvalue weighted by molar-refractivity contribution is -0.140. The SMILES string of the molecule is CCCNC(=O)C(CC)N(Cc1ccc(Cl)c(Cl)c1)C(=O)CN(c1cc(Cl)c(Cl)cc1Cl)S(C)(=O)=O. The van der Waals surface area contributed by atoms with Crippen molar-refractivity contribution in [3.05, 3.63) is 61.0 Å². The summed E-state index contributed by atoms with van der Waals surface area (Å²) in [7, 11) is -3.99. The van der Waals surface area contributed by atoms with E-state index < -0.39 is 28.5 Å². The molecule has 0 aliphatic rings. The van der Waals surface area contributed by atoms with Crippen molar-refractivity contribution in [1.29, 1.82) is 0 Å². The van der Waals surface area contributed by atoms with E-state index in [-0.39, 0.29) is 44.7 Å². The Bertz CT molecular complexity index is 1230. The third kappa shape index (κ3) is 8.04. The van der Waals surface area contributed by atoms with Gasteiger partial charge in [-0.15, -0.1) is 0 Å². The zero-order chi connectivity index (χ0) is 27.2. The summed E-state index contributed by atoms with van der Waals surface area (Å²) in [5.41, 5.74) is 0.595. The molecule has 36 heavy (non-hydrogen) atoms. The Morgan fingerprint density at radius 2 is 1.53 bits per heavy atom. The highest BCUT2D eigenvalue weighted by Crippen LogP contribution is 2.35. The third-order valence-corrected chi connectivity index (χ3v) is 8.10. The van der Waals surface area contributed by atoms with Gasteiger partial charge in [-0.25, -0.2) is 8.42 Å². The van der Waals surface area contributed by atoms with Crippen LogP contribution in [0.5, 0.6) is 0 Å². The first-order chi connectivity index (χ1) is 16.8. The van der Waals surface area contributed by atoms with Crippen molar-refractivity contribution < 1.29 is 18.0 Å². The summed E-state index contributed by atoms with van der Waals surface area (Å²) in [6.45, 7) is 3.45. The van der Waals surface area contributed by atoms with Gasteiger partial charge in [0.15, 0.2) is 0 Å². The fourth-order valence-corrected chi connectivity index (χ4v) is 5.29. The zero-order valence-electron chi connectivity index (χ0n) is 19.8. The van der Waals surface area contributed by atoms with E-state index in [1.165, 1.54) is 17.0 Å². The fourth-order valence-electron chi connectivity index (χ4n) is 3.42. The molecule has 0 bridgehead atoms. The van der Waals surface area contributed by atoms with Crippen LogP contribution in [0, 0.1) is 0 Å². The molecule has 0 fully saturated rings. The maximum Gasteiger partial charge on any atom is 0.244 e. The topological polar surface area (TPSA) is 86.8 Å². The normalized spacial score (nSPS) is 12.2. The van der Waals surface area contributed by atoms with E-state index in [0.717, 1.165) is 10.6 Å². The maximum atomic E-state index is 13.7. The minimum Gasteiger partial charge on any atom is -0.354 e. The quantitative estimate of drug-likeness (QED) is 0.311. The smallest absolute Gasteiger partial charge is 0.244 e. The van der Waals surface area contributed by atoms with Crippen molar-refractivity contribution in [3.8, 4) is 0 Å². The number of rotatable bonds is 11. The van der Waals surface area contributed by atoms with Crippen LogP contribution in [-0.2, 0) is 26.2 Å². The molecule has 0 saturated carbocycles. The molecule has 198 valence electrons. The van der Waals surface area contributed by atoms with Crippen molar-refractivity contribution >= 4 is 85.5 Å². The summed E-state index contributed by atoms with van der Waals surface area (Å²) in [5.74, 6) is -0.988. The Kier molecular flexibility index (Phi) is 11.5. The van der Waals surface area contributed by atoms with E-state index in [9.17, 15) is 18.0 Å². The van der Waals surface area contributed by atoms with Gasteiger partial charge in [-0.05, 0) is 42.7 Å². The van der Waals surface area contributed by atoms with E-state index in [2.05, 4.69) is 5.32 Å². The number of halogens is 5. The molecule has 0 aliphatic carbocycles. The minimum absolute atomic E-state index is 0.00797. The highest BCUT2D eigenvalue weighted by atomic mass is 35.5. The predicted molar refractivity (Wildman–Crippen MR) is 148 cm³/mol. The first-order valence-electron chi connectivity index (χ1n) is 10.9. The summed E-state index contributed by atoms with van der Waals surface area (Å²) >= 11 is 30.5. The Balaban J connectivity index is 2.51. The Hall–Kier alpha value is -1.42. The number of anilines is 1. The van der Waals surface area contributed by atoms with Crippen LogP contribution in [0.25, 0.3) is 0 Å². The molecule has 2 amide bonds. The van der Waals surface area contributed by atoms with Gasteiger partial charge in [-0.2, -0.15) is 0 Å². The molecular weight excluding hydrogens is 592 g/mol. The number of carbonyl (C=O) groups is 2. The molecular formula is C23H26Cl5N3O4S. The van der Waals surface area contributed by atoms with Crippen LogP contribution in [-0.4, -0.2) is 50.5 Å². The lowest BCUT2D eigenvalue weighted by Crippen LogP contribution is -2.52. The summed E-state index contributed by atoms with van der Waals surface area (Å²) in [6.07, 6.45) is 1.93. The monoisotopic (exact) mass is 615 g/mol. The van der Waals surface area contributed by atoms with Crippen LogP contribution in [0.15, 0.2) is 30.3 Å². The van der Waals surface area contributed by atoms with Crippen LogP contribution in [0.2, 0.25) is 25.1 Å². The average Bonchev–Trinajstić information content (AvgIpc) is 2.80. The molecule has 0 saturated heterocycles. The molecule has 7 nitrogen and oxygen atoms in total. The second kappa shape index (κ2) is 13.4. The fraction of sp³-hybridized carbons (Fsp3) is 0.391. The highest BCUT2D eigenvalue weighted by Gasteiger charge is 2.32. The lowest BCUT2D eigenvalue weighted by atomic mass is 10.1. The van der Waals surface area contributed by atoms with Crippen molar-refractivity contribution in [3.63, 3.8) is 0 Å². The molecule has 0 spiro atoms. The lowest BCUT2D eigenvalue weighted by Gasteiger charge is -2.33. The van der Waals surface area contributed by atoms with Gasteiger partial charge < -0.3 is 10.2 Å². The average molecular weight is 618 g/mol. The number of hydrogen-bond acceptors (Lipinski definition) is 4. The van der Waals surface area contributed by atoms with Crippen molar-refractivity contribution in [2.75, 3.05) is 23.7 Å². The first-order valence-corrected chi connectivity index (χ1v) is 14.7. The summed E-state index contributed by atoms with van der Waals surface area (Å²) < 4.78 is 26.2. The van der Waals surface area contributed by atoms with Gasteiger partial charge in [0.2, 0.25) is 21.8 Å². The minimum atomic E-state index is -3.99. The molecule has 2 rings (SSSR count). The Morgan fingerprint density at radius 1 is 0.917 bits per heavy atom. The molecule has 1 atom stereocenters. The number of nitrogens with one attached hydrogen (secondary N) is 1. The Morgan fingerprint density at radius 3 is 2.08 bits per heavy atom. The standard InChI is InChI=1S/C23H26Cl5N3O4S/c1-4-8-29-23(33)20(5-2)30(12-14-6-7-15(24)16(25)9-14)22(32)13-31(36(3,34)35)21-11-18(27)17(26)10-19(21)28/h6-7,9-11,20H,4-5,8,12-13H2,1-3H3,(H,29,33). The number of hydrogen-bond donors (Lipinski definition) is 1. The number of sulfonamides is 1. The van der Waals surface area contributed by atoms with Crippen molar-refractivity contribution in [1.82, 2.24) is 10.2 Å². The van der Waals surface area contributed by atoms with Crippen LogP contribution >= 0.6 is 58.0 Å². The Labute approximate surface area is 236 Å². The predicted octanol–water partition coefficient (Wildman–Crippen LogP) is 6.05. The molecule has 1 unspecified atom stereocenters. The zero-order valence-corrected chi connectivity index (χ0v) is 24.4. The highest BCUT2D eigenvalue weighted by molar-refractivity contribution is 7.92. The molecule has 2 aromatic rings. The van der Waals surface area contributed by atoms with E-state index in [0.29, 0.717) is 23.6 Å². The van der Waals surface area contributed by atoms with E-state index in [1.807, 2.05) is 6.92 Å². The maximum absolute atomic E-state index is 13.7. The second-order valence-electron chi connectivity index (χ2n) is 7.97. The van der Waals surface area contributed by atoms with Gasteiger partial charge in [0.1, 0.15) is 12.6 Å². The molecule has 2 aromatic carbocycles. The van der Waals surface area contributed by atoms with Gasteiger partial charge >= 0.3 is 0 Å². The third-order valence-electron chi connectivity index (χ3n) is 5.21. The van der Waals surface area contributed by atoms with Crippen LogP contribution in [0.1, 0.15) is 32.3 Å². The molecule has 0 aliphatic heterocycles. The number of nitrogens with zero attached hydrogens (tertiary/aromatic N) is 2. The summed E-state index contributed by atoms with van der Waals surface area (Å²) in [5, 5.41) is 3.60. The summed E-state index contributed by atoms with van der Waals surface area (Å²) in [6, 6.07) is 6.54. The van der Waals surface area contributed by atoms with E-state index in [1.54, 1.807) is 25.1 Å². The van der Waals surface area contributed by atoms with Gasteiger partial charge in [-0.1, -0.05) is 77.9 Å². The van der Waals surface area contributed by atoms with Crippen molar-refractivity contribution in [2.24, 2.45) is 0 Å². The number of amides is 2. The van der Waals surface area contributed by atoms with Gasteiger partial charge in [0.05, 0.1) is 37.1 Å². The molecule has 0 aromatic heterocycles. The van der Waals surface area contributed by atoms with Gasteiger partial charge in [-0.3, -0.25) is 13.9 Å². The van der Waals surface area contributed by atoms with Gasteiger partial charge in [0.25, 0.3) is 0 Å². The summed E-state index contributed by atoms with van der Waals surface area (Å²) in [4.78, 5) is 27.9. The molecule has 0 heterocycles. The van der Waals surface area contributed by atoms with Crippen LogP contribution in [0.4, 0.5) is 5.69 Å². The second-order valence-corrected chi connectivity index (χ2v) is 11.9. The van der Waals surface area contributed by atoms with Crippen molar-refractivity contribution in [2.45, 2.75) is 39.3 Å². The van der Waals surface area contributed by atoms with Gasteiger partial charge in [0, 0.05) is 13.1 Å². The molecule has 0 radical (unpaired) electrons.